The SMILES string of the molecule is FC(F)(F)Oc1ccc([C@@H]2CCCCO2)cc1. The van der Waals surface area contributed by atoms with Crippen LogP contribution in [-0.4, -0.2) is 13.0 Å². The Morgan fingerprint density at radius 2 is 1.82 bits per heavy atom. The lowest BCUT2D eigenvalue weighted by atomic mass is 10.0. The molecule has 0 unspecified atom stereocenters. The minimum atomic E-state index is -4.64. The minimum Gasteiger partial charge on any atom is -0.406 e. The van der Waals surface area contributed by atoms with E-state index in [-0.39, 0.29) is 11.9 Å². The standard InChI is InChI=1S/C12H13F3O2/c13-12(14,15)17-10-6-4-9(5-7-10)11-3-1-2-8-16-11/h4-7,11H,1-3,8H2/t11-/m0/s1. The van der Waals surface area contributed by atoms with Crippen molar-refractivity contribution in [2.24, 2.45) is 0 Å². The van der Waals surface area contributed by atoms with E-state index in [1.165, 1.54) is 12.1 Å². The van der Waals surface area contributed by atoms with Crippen LogP contribution in [0.2, 0.25) is 0 Å². The summed E-state index contributed by atoms with van der Waals surface area (Å²) in [4.78, 5) is 0. The molecule has 0 saturated carbocycles. The van der Waals surface area contributed by atoms with E-state index < -0.39 is 6.36 Å². The lowest BCUT2D eigenvalue weighted by Gasteiger charge is -2.23. The monoisotopic (exact) mass is 246 g/mol. The number of halogens is 3. The maximum atomic E-state index is 11.9. The molecule has 1 aliphatic heterocycles. The molecule has 5 heteroatoms. The highest BCUT2D eigenvalue weighted by atomic mass is 19.4. The summed E-state index contributed by atoms with van der Waals surface area (Å²) < 4.78 is 45.2. The van der Waals surface area contributed by atoms with Crippen LogP contribution in [0.5, 0.6) is 5.75 Å². The number of alkyl halides is 3. The first-order valence-electron chi connectivity index (χ1n) is 5.52. The first-order valence-corrected chi connectivity index (χ1v) is 5.52. The van der Waals surface area contributed by atoms with Gasteiger partial charge in [-0.05, 0) is 37.0 Å². The third-order valence-electron chi connectivity index (χ3n) is 2.67. The zero-order valence-corrected chi connectivity index (χ0v) is 9.17. The topological polar surface area (TPSA) is 18.5 Å². The van der Waals surface area contributed by atoms with Gasteiger partial charge in [-0.15, -0.1) is 13.2 Å². The average Bonchev–Trinajstić information content (AvgIpc) is 2.29. The molecule has 0 aliphatic carbocycles. The van der Waals surface area contributed by atoms with Crippen LogP contribution in [0.1, 0.15) is 30.9 Å². The van der Waals surface area contributed by atoms with Crippen molar-refractivity contribution in [1.82, 2.24) is 0 Å². The number of ether oxygens (including phenoxy) is 2. The summed E-state index contributed by atoms with van der Waals surface area (Å²) in [5.41, 5.74) is 0.902. The van der Waals surface area contributed by atoms with Crippen molar-refractivity contribution in [2.45, 2.75) is 31.7 Å². The highest BCUT2D eigenvalue weighted by Gasteiger charge is 2.31. The molecule has 1 fully saturated rings. The number of hydrogen-bond donors (Lipinski definition) is 0. The Bertz CT molecular complexity index is 353. The molecule has 1 aromatic carbocycles. The van der Waals surface area contributed by atoms with Crippen LogP contribution in [0.15, 0.2) is 24.3 Å². The molecule has 0 amide bonds. The second-order valence-electron chi connectivity index (χ2n) is 3.97. The zero-order valence-electron chi connectivity index (χ0n) is 9.17. The first-order chi connectivity index (χ1) is 8.04. The molecule has 94 valence electrons. The fourth-order valence-corrected chi connectivity index (χ4v) is 1.89. The van der Waals surface area contributed by atoms with Gasteiger partial charge >= 0.3 is 6.36 Å². The normalized spacial score (nSPS) is 21.2. The van der Waals surface area contributed by atoms with E-state index in [0.717, 1.165) is 24.8 Å². The second kappa shape index (κ2) is 4.96. The molecule has 0 N–H and O–H groups in total. The first kappa shape index (κ1) is 12.2. The molecule has 0 radical (unpaired) electrons. The molecular weight excluding hydrogens is 233 g/mol. The van der Waals surface area contributed by atoms with Crippen molar-refractivity contribution in [1.29, 1.82) is 0 Å². The van der Waals surface area contributed by atoms with E-state index in [4.69, 9.17) is 4.74 Å². The third kappa shape index (κ3) is 3.63. The Kier molecular flexibility index (Phi) is 3.57. The Morgan fingerprint density at radius 1 is 1.12 bits per heavy atom. The van der Waals surface area contributed by atoms with Gasteiger partial charge in [0.25, 0.3) is 0 Å². The number of rotatable bonds is 2. The van der Waals surface area contributed by atoms with Gasteiger partial charge < -0.3 is 9.47 Å². The lowest BCUT2D eigenvalue weighted by molar-refractivity contribution is -0.274. The van der Waals surface area contributed by atoms with Crippen molar-refractivity contribution in [3.8, 4) is 5.75 Å². The fourth-order valence-electron chi connectivity index (χ4n) is 1.89. The maximum absolute atomic E-state index is 11.9. The molecule has 1 heterocycles. The lowest BCUT2D eigenvalue weighted by Crippen LogP contribution is -2.17. The highest BCUT2D eigenvalue weighted by Crippen LogP contribution is 2.30. The Balaban J connectivity index is 2.02. The molecular formula is C12H13F3O2. The molecule has 1 saturated heterocycles. The third-order valence-corrected chi connectivity index (χ3v) is 2.67. The number of hydrogen-bond acceptors (Lipinski definition) is 2. The highest BCUT2D eigenvalue weighted by molar-refractivity contribution is 5.28. The summed E-state index contributed by atoms with van der Waals surface area (Å²) >= 11 is 0. The molecule has 17 heavy (non-hydrogen) atoms. The molecule has 2 rings (SSSR count). The van der Waals surface area contributed by atoms with E-state index in [2.05, 4.69) is 4.74 Å². The maximum Gasteiger partial charge on any atom is 0.573 e. The van der Waals surface area contributed by atoms with Crippen LogP contribution >= 0.6 is 0 Å². The predicted octanol–water partition coefficient (Wildman–Crippen LogP) is 3.83. The van der Waals surface area contributed by atoms with Crippen LogP contribution in [-0.2, 0) is 4.74 Å². The largest absolute Gasteiger partial charge is 0.573 e. The van der Waals surface area contributed by atoms with Gasteiger partial charge in [0.15, 0.2) is 0 Å². The Labute approximate surface area is 97.3 Å². The number of benzene rings is 1. The molecule has 0 spiro atoms. The zero-order chi connectivity index (χ0) is 12.3. The van der Waals surface area contributed by atoms with Gasteiger partial charge in [-0.25, -0.2) is 0 Å². The van der Waals surface area contributed by atoms with Crippen LogP contribution in [0, 0.1) is 0 Å². The van der Waals surface area contributed by atoms with Gasteiger partial charge in [-0.2, -0.15) is 0 Å². The van der Waals surface area contributed by atoms with Crippen molar-refractivity contribution >= 4 is 0 Å². The molecule has 1 atom stereocenters. The minimum absolute atomic E-state index is 0.00341. The average molecular weight is 246 g/mol. The van der Waals surface area contributed by atoms with E-state index in [1.54, 1.807) is 12.1 Å². The summed E-state index contributed by atoms with van der Waals surface area (Å²) in [7, 11) is 0. The quantitative estimate of drug-likeness (QED) is 0.789. The van der Waals surface area contributed by atoms with Crippen molar-refractivity contribution in [3.63, 3.8) is 0 Å². The van der Waals surface area contributed by atoms with E-state index in [9.17, 15) is 13.2 Å². The summed E-state index contributed by atoms with van der Waals surface area (Å²) in [6, 6.07) is 5.88. The van der Waals surface area contributed by atoms with Gasteiger partial charge in [-0.3, -0.25) is 0 Å². The molecule has 0 bridgehead atoms. The van der Waals surface area contributed by atoms with Gasteiger partial charge in [0.2, 0.25) is 0 Å². The van der Waals surface area contributed by atoms with Crippen molar-refractivity contribution < 1.29 is 22.6 Å². The Hall–Kier alpha value is -1.23. The van der Waals surface area contributed by atoms with Crippen LogP contribution in [0.25, 0.3) is 0 Å². The van der Waals surface area contributed by atoms with Gasteiger partial charge in [0.1, 0.15) is 5.75 Å². The summed E-state index contributed by atoms with van der Waals surface area (Å²) in [6.45, 7) is 0.714. The molecule has 1 aliphatic rings. The van der Waals surface area contributed by atoms with Crippen molar-refractivity contribution in [2.75, 3.05) is 6.61 Å². The second-order valence-corrected chi connectivity index (χ2v) is 3.97. The van der Waals surface area contributed by atoms with E-state index in [1.807, 2.05) is 0 Å². The smallest absolute Gasteiger partial charge is 0.406 e. The van der Waals surface area contributed by atoms with Crippen LogP contribution < -0.4 is 4.74 Å². The molecule has 1 aromatic rings. The van der Waals surface area contributed by atoms with Gasteiger partial charge in [-0.1, -0.05) is 12.1 Å². The van der Waals surface area contributed by atoms with Gasteiger partial charge in [0, 0.05) is 6.61 Å². The molecule has 0 aromatic heterocycles. The fraction of sp³-hybridized carbons (Fsp3) is 0.500. The predicted molar refractivity (Wildman–Crippen MR) is 55.7 cm³/mol. The van der Waals surface area contributed by atoms with Crippen molar-refractivity contribution in [3.05, 3.63) is 29.8 Å². The van der Waals surface area contributed by atoms with E-state index in [0.29, 0.717) is 6.61 Å². The van der Waals surface area contributed by atoms with Crippen LogP contribution in [0.3, 0.4) is 0 Å². The van der Waals surface area contributed by atoms with Crippen LogP contribution in [0.4, 0.5) is 13.2 Å². The summed E-state index contributed by atoms with van der Waals surface area (Å²) in [5, 5.41) is 0. The summed E-state index contributed by atoms with van der Waals surface area (Å²) in [5.74, 6) is -0.197. The van der Waals surface area contributed by atoms with E-state index >= 15 is 0 Å². The summed E-state index contributed by atoms with van der Waals surface area (Å²) in [6.07, 6.45) is -1.58. The Morgan fingerprint density at radius 3 is 2.35 bits per heavy atom. The van der Waals surface area contributed by atoms with Gasteiger partial charge in [0.05, 0.1) is 6.10 Å². The molecule has 2 nitrogen and oxygen atoms in total.